The lowest BCUT2D eigenvalue weighted by atomic mass is 9.95. The number of amides is 1. The molecule has 1 amide bonds. The van der Waals surface area contributed by atoms with Gasteiger partial charge in [-0.1, -0.05) is 26.7 Å². The number of carbonyl (C=O) groups is 1. The van der Waals surface area contributed by atoms with E-state index in [0.29, 0.717) is 25.1 Å². The minimum Gasteiger partial charge on any atom is -0.385 e. The van der Waals surface area contributed by atoms with E-state index >= 15 is 0 Å². The standard InChI is InChI=1S/C14H30N2O2/c1-6-13(7-2)11(3)16-12(4)14(17)15-9-8-10-18-5/h11-13,16H,6-10H2,1-5H3,(H,15,17). The molecular weight excluding hydrogens is 228 g/mol. The first-order chi connectivity index (χ1) is 8.56. The molecule has 2 unspecified atom stereocenters. The van der Waals surface area contributed by atoms with E-state index in [0.717, 1.165) is 19.3 Å². The SMILES string of the molecule is CCC(CC)C(C)NC(C)C(=O)NCCCOC. The van der Waals surface area contributed by atoms with E-state index in [9.17, 15) is 4.79 Å². The molecule has 2 N–H and O–H groups in total. The highest BCUT2D eigenvalue weighted by molar-refractivity contribution is 5.81. The maximum atomic E-state index is 11.8. The van der Waals surface area contributed by atoms with Gasteiger partial charge in [0.05, 0.1) is 6.04 Å². The zero-order chi connectivity index (χ0) is 14.0. The first-order valence-electron chi connectivity index (χ1n) is 7.09. The highest BCUT2D eigenvalue weighted by atomic mass is 16.5. The predicted molar refractivity (Wildman–Crippen MR) is 75.6 cm³/mol. The third-order valence-electron chi connectivity index (χ3n) is 3.49. The molecule has 0 spiro atoms. The summed E-state index contributed by atoms with van der Waals surface area (Å²) in [5.41, 5.74) is 0. The molecule has 0 aromatic heterocycles. The second kappa shape index (κ2) is 10.3. The van der Waals surface area contributed by atoms with Gasteiger partial charge < -0.3 is 15.4 Å². The summed E-state index contributed by atoms with van der Waals surface area (Å²) >= 11 is 0. The Morgan fingerprint density at radius 3 is 2.33 bits per heavy atom. The van der Waals surface area contributed by atoms with Gasteiger partial charge in [0, 0.05) is 26.3 Å². The van der Waals surface area contributed by atoms with Crippen molar-refractivity contribution < 1.29 is 9.53 Å². The molecule has 0 aromatic carbocycles. The van der Waals surface area contributed by atoms with E-state index in [1.807, 2.05) is 6.92 Å². The van der Waals surface area contributed by atoms with Crippen LogP contribution in [-0.4, -0.2) is 38.3 Å². The van der Waals surface area contributed by atoms with Gasteiger partial charge in [-0.25, -0.2) is 0 Å². The van der Waals surface area contributed by atoms with E-state index in [4.69, 9.17) is 4.74 Å². The van der Waals surface area contributed by atoms with Crippen molar-refractivity contribution in [2.45, 2.75) is 59.0 Å². The molecule has 0 aliphatic carbocycles. The van der Waals surface area contributed by atoms with Gasteiger partial charge in [0.1, 0.15) is 0 Å². The van der Waals surface area contributed by atoms with Gasteiger partial charge in [-0.3, -0.25) is 4.79 Å². The minimum atomic E-state index is -0.136. The molecule has 0 fully saturated rings. The van der Waals surface area contributed by atoms with Gasteiger partial charge >= 0.3 is 0 Å². The number of hydrogen-bond donors (Lipinski definition) is 2. The van der Waals surface area contributed by atoms with Crippen LogP contribution in [0.4, 0.5) is 0 Å². The number of carbonyl (C=O) groups excluding carboxylic acids is 1. The summed E-state index contributed by atoms with van der Waals surface area (Å²) in [5, 5.41) is 6.30. The molecule has 2 atom stereocenters. The summed E-state index contributed by atoms with van der Waals surface area (Å²) in [5.74, 6) is 0.706. The second-order valence-electron chi connectivity index (χ2n) is 4.89. The Morgan fingerprint density at radius 2 is 1.83 bits per heavy atom. The van der Waals surface area contributed by atoms with Crippen LogP contribution in [0.25, 0.3) is 0 Å². The first kappa shape index (κ1) is 17.4. The lowest BCUT2D eigenvalue weighted by molar-refractivity contribution is -0.123. The van der Waals surface area contributed by atoms with Crippen molar-refractivity contribution in [3.05, 3.63) is 0 Å². The largest absolute Gasteiger partial charge is 0.385 e. The summed E-state index contributed by atoms with van der Waals surface area (Å²) in [6.45, 7) is 9.84. The Labute approximate surface area is 112 Å². The molecule has 4 heteroatoms. The van der Waals surface area contributed by atoms with Gasteiger partial charge in [0.2, 0.25) is 5.91 Å². The van der Waals surface area contributed by atoms with Crippen molar-refractivity contribution in [2.75, 3.05) is 20.3 Å². The molecular formula is C14H30N2O2. The summed E-state index contributed by atoms with van der Waals surface area (Å²) in [7, 11) is 1.67. The van der Waals surface area contributed by atoms with Gasteiger partial charge in [-0.05, 0) is 26.2 Å². The van der Waals surface area contributed by atoms with Crippen LogP contribution >= 0.6 is 0 Å². The molecule has 0 aliphatic heterocycles. The molecule has 0 aliphatic rings. The molecule has 0 bridgehead atoms. The Bertz CT molecular complexity index is 218. The number of hydrogen-bond acceptors (Lipinski definition) is 3. The lowest BCUT2D eigenvalue weighted by Crippen LogP contribution is -2.48. The van der Waals surface area contributed by atoms with Crippen molar-refractivity contribution in [1.29, 1.82) is 0 Å². The van der Waals surface area contributed by atoms with Crippen molar-refractivity contribution in [1.82, 2.24) is 10.6 Å². The molecule has 0 saturated heterocycles. The van der Waals surface area contributed by atoms with Gasteiger partial charge in [0.15, 0.2) is 0 Å². The van der Waals surface area contributed by atoms with Crippen molar-refractivity contribution in [3.8, 4) is 0 Å². The second-order valence-corrected chi connectivity index (χ2v) is 4.89. The van der Waals surface area contributed by atoms with Gasteiger partial charge in [0.25, 0.3) is 0 Å². The lowest BCUT2D eigenvalue weighted by Gasteiger charge is -2.25. The Kier molecular flexibility index (Phi) is 9.98. The number of nitrogens with one attached hydrogen (secondary N) is 2. The number of ether oxygens (including phenoxy) is 1. The van der Waals surface area contributed by atoms with Crippen LogP contribution in [0.1, 0.15) is 47.0 Å². The van der Waals surface area contributed by atoms with E-state index in [-0.39, 0.29) is 11.9 Å². The fourth-order valence-corrected chi connectivity index (χ4v) is 2.18. The molecule has 18 heavy (non-hydrogen) atoms. The third-order valence-corrected chi connectivity index (χ3v) is 3.49. The summed E-state index contributed by atoms with van der Waals surface area (Å²) in [4.78, 5) is 11.8. The highest BCUT2D eigenvalue weighted by Crippen LogP contribution is 2.13. The Balaban J connectivity index is 3.91. The van der Waals surface area contributed by atoms with Crippen LogP contribution in [-0.2, 0) is 9.53 Å². The Morgan fingerprint density at radius 1 is 1.22 bits per heavy atom. The van der Waals surface area contributed by atoms with Crippen molar-refractivity contribution in [2.24, 2.45) is 5.92 Å². The zero-order valence-electron chi connectivity index (χ0n) is 12.6. The Hall–Kier alpha value is -0.610. The van der Waals surface area contributed by atoms with Crippen LogP contribution in [0, 0.1) is 5.92 Å². The fraction of sp³-hybridized carbons (Fsp3) is 0.929. The maximum absolute atomic E-state index is 11.8. The smallest absolute Gasteiger partial charge is 0.236 e. The fourth-order valence-electron chi connectivity index (χ4n) is 2.18. The summed E-state index contributed by atoms with van der Waals surface area (Å²) in [6, 6.07) is 0.239. The molecule has 0 radical (unpaired) electrons. The monoisotopic (exact) mass is 258 g/mol. The molecule has 0 aromatic rings. The van der Waals surface area contributed by atoms with Crippen molar-refractivity contribution in [3.63, 3.8) is 0 Å². The van der Waals surface area contributed by atoms with Crippen LogP contribution < -0.4 is 10.6 Å². The van der Waals surface area contributed by atoms with Crippen LogP contribution in [0.5, 0.6) is 0 Å². The maximum Gasteiger partial charge on any atom is 0.236 e. The average molecular weight is 258 g/mol. The highest BCUT2D eigenvalue weighted by Gasteiger charge is 2.19. The zero-order valence-corrected chi connectivity index (χ0v) is 12.6. The molecule has 0 rings (SSSR count). The topological polar surface area (TPSA) is 50.4 Å². The van der Waals surface area contributed by atoms with Crippen LogP contribution in [0.3, 0.4) is 0 Å². The van der Waals surface area contributed by atoms with Crippen molar-refractivity contribution >= 4 is 5.91 Å². The molecule has 0 saturated carbocycles. The summed E-state index contributed by atoms with van der Waals surface area (Å²) < 4.78 is 4.94. The number of methoxy groups -OCH3 is 1. The normalized spacial score (nSPS) is 14.6. The number of rotatable bonds is 10. The average Bonchev–Trinajstić information content (AvgIpc) is 2.35. The third kappa shape index (κ3) is 6.97. The quantitative estimate of drug-likeness (QED) is 0.589. The first-order valence-corrected chi connectivity index (χ1v) is 7.09. The summed E-state index contributed by atoms with van der Waals surface area (Å²) in [6.07, 6.45) is 3.15. The molecule has 108 valence electrons. The van der Waals surface area contributed by atoms with E-state index < -0.39 is 0 Å². The van der Waals surface area contributed by atoms with Gasteiger partial charge in [-0.2, -0.15) is 0 Å². The van der Waals surface area contributed by atoms with Crippen LogP contribution in [0.2, 0.25) is 0 Å². The van der Waals surface area contributed by atoms with E-state index in [1.54, 1.807) is 7.11 Å². The minimum absolute atomic E-state index is 0.0731. The molecule has 0 heterocycles. The van der Waals surface area contributed by atoms with E-state index in [1.165, 1.54) is 0 Å². The predicted octanol–water partition coefficient (Wildman–Crippen LogP) is 1.94. The van der Waals surface area contributed by atoms with Crippen LogP contribution in [0.15, 0.2) is 0 Å². The van der Waals surface area contributed by atoms with Gasteiger partial charge in [-0.15, -0.1) is 0 Å². The molecule has 4 nitrogen and oxygen atoms in total. The van der Waals surface area contributed by atoms with E-state index in [2.05, 4.69) is 31.4 Å².